The minimum absolute atomic E-state index is 0.0431. The van der Waals surface area contributed by atoms with E-state index in [9.17, 15) is 4.39 Å². The Morgan fingerprint density at radius 3 is 2.57 bits per heavy atom. The molecule has 0 amide bonds. The standard InChI is InChI=1S/C17H20BrFN2/c1-12(15-5-3-4-6-17(15)19)21(2)14-8-7-13(9-10-20)16(18)11-14/h3-8,11-12H,9-10,20H2,1-2H3. The molecule has 2 aromatic carbocycles. The van der Waals surface area contributed by atoms with Crippen LogP contribution in [0.15, 0.2) is 46.9 Å². The number of hydrogen-bond donors (Lipinski definition) is 1. The maximum Gasteiger partial charge on any atom is 0.128 e. The fraction of sp³-hybridized carbons (Fsp3) is 0.294. The lowest BCUT2D eigenvalue weighted by Gasteiger charge is -2.28. The molecule has 0 saturated carbocycles. The van der Waals surface area contributed by atoms with Crippen molar-refractivity contribution in [1.29, 1.82) is 0 Å². The Hall–Kier alpha value is -1.39. The molecular weight excluding hydrogens is 331 g/mol. The van der Waals surface area contributed by atoms with Gasteiger partial charge >= 0.3 is 0 Å². The molecule has 0 fully saturated rings. The summed E-state index contributed by atoms with van der Waals surface area (Å²) in [5, 5.41) is 0. The molecule has 4 heteroatoms. The third-order valence-electron chi connectivity index (χ3n) is 3.79. The molecule has 1 atom stereocenters. The zero-order chi connectivity index (χ0) is 15.4. The molecule has 112 valence electrons. The van der Waals surface area contributed by atoms with Crippen molar-refractivity contribution in [2.24, 2.45) is 5.73 Å². The van der Waals surface area contributed by atoms with Crippen molar-refractivity contribution in [3.05, 3.63) is 63.9 Å². The number of benzene rings is 2. The molecule has 2 N–H and O–H groups in total. The fourth-order valence-corrected chi connectivity index (χ4v) is 2.92. The van der Waals surface area contributed by atoms with E-state index in [0.717, 1.165) is 16.6 Å². The van der Waals surface area contributed by atoms with Gasteiger partial charge in [0.15, 0.2) is 0 Å². The van der Waals surface area contributed by atoms with Gasteiger partial charge in [-0.15, -0.1) is 0 Å². The molecule has 0 radical (unpaired) electrons. The van der Waals surface area contributed by atoms with Crippen molar-refractivity contribution in [1.82, 2.24) is 0 Å². The third kappa shape index (κ3) is 3.63. The number of hydrogen-bond acceptors (Lipinski definition) is 2. The summed E-state index contributed by atoms with van der Waals surface area (Å²) < 4.78 is 14.9. The lowest BCUT2D eigenvalue weighted by molar-refractivity contribution is 0.585. The monoisotopic (exact) mass is 350 g/mol. The summed E-state index contributed by atoms with van der Waals surface area (Å²) in [6, 6.07) is 13.0. The fourth-order valence-electron chi connectivity index (χ4n) is 2.36. The predicted octanol–water partition coefficient (Wildman–Crippen LogP) is 4.29. The topological polar surface area (TPSA) is 29.3 Å². The quantitative estimate of drug-likeness (QED) is 0.871. The van der Waals surface area contributed by atoms with Crippen molar-refractivity contribution in [2.75, 3.05) is 18.5 Å². The van der Waals surface area contributed by atoms with E-state index in [1.807, 2.05) is 32.2 Å². The van der Waals surface area contributed by atoms with E-state index >= 15 is 0 Å². The molecule has 2 aromatic rings. The van der Waals surface area contributed by atoms with Crippen LogP contribution in [0, 0.1) is 5.82 Å². The first kappa shape index (κ1) is 16.0. The van der Waals surface area contributed by atoms with Crippen LogP contribution in [0.3, 0.4) is 0 Å². The molecular formula is C17H20BrFN2. The number of halogens is 2. The van der Waals surface area contributed by atoms with E-state index in [0.29, 0.717) is 12.1 Å². The maximum atomic E-state index is 13.9. The number of nitrogens with zero attached hydrogens (tertiary/aromatic N) is 1. The van der Waals surface area contributed by atoms with Crippen LogP contribution < -0.4 is 10.6 Å². The summed E-state index contributed by atoms with van der Waals surface area (Å²) in [6.07, 6.45) is 0.841. The van der Waals surface area contributed by atoms with Crippen LogP contribution in [0.1, 0.15) is 24.1 Å². The van der Waals surface area contributed by atoms with Gasteiger partial charge in [0.2, 0.25) is 0 Å². The summed E-state index contributed by atoms with van der Waals surface area (Å²) in [5.41, 5.74) is 8.52. The van der Waals surface area contributed by atoms with Gasteiger partial charge in [0.05, 0.1) is 6.04 Å². The summed E-state index contributed by atoms with van der Waals surface area (Å²) in [5.74, 6) is -0.171. The first-order chi connectivity index (χ1) is 10.0. The Morgan fingerprint density at radius 1 is 1.24 bits per heavy atom. The predicted molar refractivity (Wildman–Crippen MR) is 90.1 cm³/mol. The normalized spacial score (nSPS) is 12.2. The zero-order valence-corrected chi connectivity index (χ0v) is 13.9. The second kappa shape index (κ2) is 7.05. The van der Waals surface area contributed by atoms with Crippen LogP contribution in [-0.2, 0) is 6.42 Å². The highest BCUT2D eigenvalue weighted by molar-refractivity contribution is 9.10. The summed E-state index contributed by atoms with van der Waals surface area (Å²) in [4.78, 5) is 2.06. The first-order valence-corrected chi connectivity index (χ1v) is 7.79. The average Bonchev–Trinajstić information content (AvgIpc) is 2.48. The van der Waals surface area contributed by atoms with Crippen LogP contribution in [0.2, 0.25) is 0 Å². The van der Waals surface area contributed by atoms with E-state index in [1.165, 1.54) is 11.6 Å². The van der Waals surface area contributed by atoms with Gasteiger partial charge in [-0.2, -0.15) is 0 Å². The number of rotatable bonds is 5. The second-order valence-electron chi connectivity index (χ2n) is 5.12. The SMILES string of the molecule is CC(c1ccccc1F)N(C)c1ccc(CCN)c(Br)c1. The Morgan fingerprint density at radius 2 is 1.95 bits per heavy atom. The van der Waals surface area contributed by atoms with E-state index in [1.54, 1.807) is 6.07 Å². The van der Waals surface area contributed by atoms with Gasteiger partial charge in [-0.3, -0.25) is 0 Å². The summed E-state index contributed by atoms with van der Waals surface area (Å²) >= 11 is 3.58. The van der Waals surface area contributed by atoms with Gasteiger partial charge in [0.25, 0.3) is 0 Å². The average molecular weight is 351 g/mol. The Labute approximate surface area is 133 Å². The van der Waals surface area contributed by atoms with Crippen LogP contribution in [0.4, 0.5) is 10.1 Å². The van der Waals surface area contributed by atoms with Crippen LogP contribution in [0.25, 0.3) is 0 Å². The molecule has 0 saturated heterocycles. The first-order valence-electron chi connectivity index (χ1n) is 7.00. The van der Waals surface area contributed by atoms with Gasteiger partial charge in [-0.05, 0) is 43.7 Å². The van der Waals surface area contributed by atoms with Crippen molar-refractivity contribution in [3.63, 3.8) is 0 Å². The van der Waals surface area contributed by atoms with Crippen molar-refractivity contribution in [3.8, 4) is 0 Å². The van der Waals surface area contributed by atoms with Crippen LogP contribution in [0.5, 0.6) is 0 Å². The lowest BCUT2D eigenvalue weighted by Crippen LogP contribution is -2.22. The molecule has 0 aliphatic carbocycles. The van der Waals surface area contributed by atoms with E-state index < -0.39 is 0 Å². The van der Waals surface area contributed by atoms with E-state index in [4.69, 9.17) is 5.73 Å². The van der Waals surface area contributed by atoms with Crippen molar-refractivity contribution >= 4 is 21.6 Å². The molecule has 0 spiro atoms. The van der Waals surface area contributed by atoms with Gasteiger partial charge < -0.3 is 10.6 Å². The molecule has 0 bridgehead atoms. The Kier molecular flexibility index (Phi) is 5.37. The lowest BCUT2D eigenvalue weighted by atomic mass is 10.1. The van der Waals surface area contributed by atoms with Crippen LogP contribution >= 0.6 is 15.9 Å². The molecule has 0 aliphatic heterocycles. The minimum Gasteiger partial charge on any atom is -0.368 e. The minimum atomic E-state index is -0.171. The van der Waals surface area contributed by atoms with Gasteiger partial charge in [-0.1, -0.05) is 40.2 Å². The maximum absolute atomic E-state index is 13.9. The summed E-state index contributed by atoms with van der Waals surface area (Å²) in [6.45, 7) is 2.62. The number of nitrogens with two attached hydrogens (primary N) is 1. The molecule has 0 heterocycles. The van der Waals surface area contributed by atoms with E-state index in [2.05, 4.69) is 33.0 Å². The smallest absolute Gasteiger partial charge is 0.128 e. The van der Waals surface area contributed by atoms with Crippen LogP contribution in [-0.4, -0.2) is 13.6 Å². The molecule has 0 aromatic heterocycles. The molecule has 21 heavy (non-hydrogen) atoms. The van der Waals surface area contributed by atoms with Crippen molar-refractivity contribution in [2.45, 2.75) is 19.4 Å². The highest BCUT2D eigenvalue weighted by atomic mass is 79.9. The third-order valence-corrected chi connectivity index (χ3v) is 4.53. The van der Waals surface area contributed by atoms with Gasteiger partial charge in [-0.25, -0.2) is 4.39 Å². The highest BCUT2D eigenvalue weighted by Crippen LogP contribution is 2.30. The van der Waals surface area contributed by atoms with Gasteiger partial charge in [0, 0.05) is 22.8 Å². The molecule has 0 aliphatic rings. The largest absolute Gasteiger partial charge is 0.368 e. The highest BCUT2D eigenvalue weighted by Gasteiger charge is 2.16. The van der Waals surface area contributed by atoms with Crippen molar-refractivity contribution < 1.29 is 4.39 Å². The van der Waals surface area contributed by atoms with E-state index in [-0.39, 0.29) is 11.9 Å². The Bertz CT molecular complexity index is 615. The molecule has 1 unspecified atom stereocenters. The van der Waals surface area contributed by atoms with Gasteiger partial charge in [0.1, 0.15) is 5.82 Å². The zero-order valence-electron chi connectivity index (χ0n) is 12.3. The molecule has 2 rings (SSSR count). The second-order valence-corrected chi connectivity index (χ2v) is 5.98. The summed E-state index contributed by atoms with van der Waals surface area (Å²) in [7, 11) is 1.97. The number of anilines is 1. The molecule has 2 nitrogen and oxygen atoms in total. The Balaban J connectivity index is 2.25.